The third-order valence-corrected chi connectivity index (χ3v) is 5.29. The van der Waals surface area contributed by atoms with Gasteiger partial charge in [-0.25, -0.2) is 4.79 Å². The molecule has 4 rings (SSSR count). The number of nitrogens with zero attached hydrogens (tertiary/aromatic N) is 1. The van der Waals surface area contributed by atoms with Crippen LogP contribution < -0.4 is 4.74 Å². The molecule has 2 aromatic rings. The maximum Gasteiger partial charge on any atom is 0.334 e. The van der Waals surface area contributed by atoms with Gasteiger partial charge >= 0.3 is 5.97 Å². The number of esters is 1. The summed E-state index contributed by atoms with van der Waals surface area (Å²) < 4.78 is 11.3. The summed E-state index contributed by atoms with van der Waals surface area (Å²) in [6, 6.07) is 16.5. The third kappa shape index (κ3) is 2.28. The lowest BCUT2D eigenvalue weighted by atomic mass is 9.69. The van der Waals surface area contributed by atoms with E-state index in [0.717, 1.165) is 5.56 Å². The number of para-hydroxylation sites is 1. The number of Topliss-reactive ketones (excluding diaryl/α,β-unsaturated/α-hetero) is 1. The van der Waals surface area contributed by atoms with Crippen molar-refractivity contribution in [3.8, 4) is 5.75 Å². The number of ketones is 1. The zero-order valence-electron chi connectivity index (χ0n) is 14.9. The van der Waals surface area contributed by atoms with Crippen molar-refractivity contribution in [2.45, 2.75) is 23.5 Å². The number of carbonyl (C=O) groups excluding carboxylic acids is 2. The summed E-state index contributed by atoms with van der Waals surface area (Å²) in [6.45, 7) is 3.78. The van der Waals surface area contributed by atoms with E-state index < -0.39 is 23.0 Å². The van der Waals surface area contributed by atoms with Crippen LogP contribution in [0.1, 0.15) is 28.3 Å². The zero-order chi connectivity index (χ0) is 19.1. The van der Waals surface area contributed by atoms with Gasteiger partial charge in [0.1, 0.15) is 5.75 Å². The molecule has 5 heteroatoms. The molecule has 2 heterocycles. The molecular formula is C22H19NO4. The molecule has 0 unspecified atom stereocenters. The predicted molar refractivity (Wildman–Crippen MR) is 101 cm³/mol. The Morgan fingerprint density at radius 1 is 1.22 bits per heavy atom. The van der Waals surface area contributed by atoms with Crippen LogP contribution in [-0.2, 0) is 9.53 Å². The molecule has 0 aliphatic carbocycles. The molecule has 0 saturated carbocycles. The molecule has 0 fully saturated rings. The first-order valence-corrected chi connectivity index (χ1v) is 8.72. The first kappa shape index (κ1) is 17.2. The summed E-state index contributed by atoms with van der Waals surface area (Å²) in [5, 5.41) is 0. The summed E-state index contributed by atoms with van der Waals surface area (Å²) in [5.41, 5.74) is -1.43. The van der Waals surface area contributed by atoms with Crippen LogP contribution in [0.3, 0.4) is 0 Å². The van der Waals surface area contributed by atoms with E-state index in [0.29, 0.717) is 11.3 Å². The number of hydrogen-bond acceptors (Lipinski definition) is 5. The predicted octanol–water partition coefficient (Wildman–Crippen LogP) is 3.36. The minimum atomic E-state index is -1.39. The van der Waals surface area contributed by atoms with Crippen LogP contribution in [0.15, 0.2) is 72.2 Å². The van der Waals surface area contributed by atoms with Crippen LogP contribution in [0.25, 0.3) is 0 Å². The fourth-order valence-electron chi connectivity index (χ4n) is 4.16. The Labute approximate surface area is 157 Å². The van der Waals surface area contributed by atoms with Crippen LogP contribution in [0, 0.1) is 0 Å². The van der Waals surface area contributed by atoms with Gasteiger partial charge in [-0.2, -0.15) is 0 Å². The lowest BCUT2D eigenvalue weighted by Gasteiger charge is -2.36. The summed E-state index contributed by atoms with van der Waals surface area (Å²) in [5.74, 6) is -0.895. The van der Waals surface area contributed by atoms with Crippen LogP contribution in [-0.4, -0.2) is 36.2 Å². The molecule has 1 spiro atoms. The summed E-state index contributed by atoms with van der Waals surface area (Å²) in [6.07, 6.45) is 3.33. The number of fused-ring (bicyclic) bond motifs is 1. The van der Waals surface area contributed by atoms with E-state index in [1.807, 2.05) is 36.4 Å². The van der Waals surface area contributed by atoms with Crippen molar-refractivity contribution >= 4 is 18.0 Å². The summed E-state index contributed by atoms with van der Waals surface area (Å²) in [7, 11) is 1.32. The highest BCUT2D eigenvalue weighted by Gasteiger charge is 2.66. The fourth-order valence-corrected chi connectivity index (χ4v) is 4.16. The average Bonchev–Trinajstić information content (AvgIpc) is 3.18. The second-order valence-electron chi connectivity index (χ2n) is 6.73. The van der Waals surface area contributed by atoms with Crippen molar-refractivity contribution in [1.29, 1.82) is 0 Å². The lowest BCUT2D eigenvalue weighted by molar-refractivity contribution is -0.148. The van der Waals surface area contributed by atoms with Gasteiger partial charge in [0.05, 0.1) is 24.8 Å². The first-order valence-electron chi connectivity index (χ1n) is 8.72. The third-order valence-electron chi connectivity index (χ3n) is 5.29. The van der Waals surface area contributed by atoms with E-state index in [1.165, 1.54) is 13.3 Å². The molecular weight excluding hydrogens is 342 g/mol. The molecule has 0 saturated heterocycles. The number of aliphatic imine (C=N–C) groups is 1. The molecule has 0 amide bonds. The van der Waals surface area contributed by atoms with E-state index >= 15 is 0 Å². The van der Waals surface area contributed by atoms with E-state index in [1.54, 1.807) is 24.3 Å². The van der Waals surface area contributed by atoms with Crippen LogP contribution >= 0.6 is 0 Å². The number of ether oxygens (including phenoxy) is 2. The molecule has 5 nitrogen and oxygen atoms in total. The van der Waals surface area contributed by atoms with Gasteiger partial charge in [-0.05, 0) is 17.7 Å². The van der Waals surface area contributed by atoms with Crippen molar-refractivity contribution < 1.29 is 19.1 Å². The normalized spacial score (nSPS) is 28.0. The smallest absolute Gasteiger partial charge is 0.334 e. The monoisotopic (exact) mass is 361 g/mol. The number of methoxy groups -OCH3 is 1. The van der Waals surface area contributed by atoms with Crippen molar-refractivity contribution in [2.75, 3.05) is 7.11 Å². The molecule has 0 N–H and O–H groups in total. The van der Waals surface area contributed by atoms with Gasteiger partial charge in [0, 0.05) is 6.42 Å². The molecule has 136 valence electrons. The molecule has 3 atom stereocenters. The van der Waals surface area contributed by atoms with Gasteiger partial charge in [0.25, 0.3) is 0 Å². The Morgan fingerprint density at radius 3 is 2.59 bits per heavy atom. The van der Waals surface area contributed by atoms with Gasteiger partial charge in [-0.1, -0.05) is 48.5 Å². The Hall–Kier alpha value is -3.21. The average molecular weight is 361 g/mol. The van der Waals surface area contributed by atoms with E-state index in [-0.39, 0.29) is 12.2 Å². The van der Waals surface area contributed by atoms with Crippen LogP contribution in [0.2, 0.25) is 0 Å². The highest BCUT2D eigenvalue weighted by Crippen LogP contribution is 2.53. The van der Waals surface area contributed by atoms with E-state index in [2.05, 4.69) is 11.6 Å². The van der Waals surface area contributed by atoms with Crippen LogP contribution in [0.5, 0.6) is 5.75 Å². The second-order valence-corrected chi connectivity index (χ2v) is 6.73. The molecule has 0 radical (unpaired) electrons. The minimum Gasteiger partial charge on any atom is -0.472 e. The molecule has 2 aromatic carbocycles. The van der Waals surface area contributed by atoms with Gasteiger partial charge in [-0.3, -0.25) is 9.79 Å². The summed E-state index contributed by atoms with van der Waals surface area (Å²) in [4.78, 5) is 30.8. The second kappa shape index (κ2) is 6.20. The van der Waals surface area contributed by atoms with E-state index in [4.69, 9.17) is 9.47 Å². The van der Waals surface area contributed by atoms with Crippen molar-refractivity contribution in [3.63, 3.8) is 0 Å². The zero-order valence-corrected chi connectivity index (χ0v) is 14.9. The number of rotatable bonds is 4. The van der Waals surface area contributed by atoms with Gasteiger partial charge in [0.2, 0.25) is 11.4 Å². The molecule has 0 aromatic heterocycles. The maximum atomic E-state index is 13.4. The number of hydrogen-bond donors (Lipinski definition) is 0. The van der Waals surface area contributed by atoms with Gasteiger partial charge in [0.15, 0.2) is 5.54 Å². The molecule has 0 bridgehead atoms. The molecule has 2 aliphatic rings. The van der Waals surface area contributed by atoms with Crippen molar-refractivity contribution in [1.82, 2.24) is 0 Å². The number of carbonyl (C=O) groups is 2. The Bertz CT molecular complexity index is 952. The lowest BCUT2D eigenvalue weighted by Crippen LogP contribution is -2.54. The van der Waals surface area contributed by atoms with Crippen molar-refractivity contribution in [2.24, 2.45) is 4.99 Å². The molecule has 2 aliphatic heterocycles. The van der Waals surface area contributed by atoms with Gasteiger partial charge in [-0.15, -0.1) is 6.58 Å². The quantitative estimate of drug-likeness (QED) is 0.619. The number of benzene rings is 2. The maximum absolute atomic E-state index is 13.4. The fraction of sp³-hybridized carbons (Fsp3) is 0.227. The Morgan fingerprint density at radius 2 is 1.93 bits per heavy atom. The standard InChI is InChI=1S/C22H19NO4/c1-3-13-21(20(25)26-2)18(15-9-5-4-6-10-15)22(14-23-21)19(24)16-11-7-8-12-17(16)27-22/h3-12,14,18H,1,13H2,2H3/t18-,21+,22+/m0/s1. The Balaban J connectivity index is 1.94. The van der Waals surface area contributed by atoms with Gasteiger partial charge < -0.3 is 9.47 Å². The van der Waals surface area contributed by atoms with Crippen molar-refractivity contribution in [3.05, 3.63) is 78.4 Å². The highest BCUT2D eigenvalue weighted by atomic mass is 16.5. The van der Waals surface area contributed by atoms with Crippen LogP contribution in [0.4, 0.5) is 0 Å². The van der Waals surface area contributed by atoms with E-state index in [9.17, 15) is 9.59 Å². The highest BCUT2D eigenvalue weighted by molar-refractivity contribution is 6.19. The first-order chi connectivity index (χ1) is 13.1. The summed E-state index contributed by atoms with van der Waals surface area (Å²) >= 11 is 0. The molecule has 27 heavy (non-hydrogen) atoms. The Kier molecular flexibility index (Phi) is 3.95. The largest absolute Gasteiger partial charge is 0.472 e. The minimum absolute atomic E-state index is 0.203. The SMILES string of the molecule is C=CC[C@@]1(C(=O)OC)N=C[C@@]2(Oc3ccccc3C2=O)[C@H]1c1ccccc1. The topological polar surface area (TPSA) is 65.0 Å².